The van der Waals surface area contributed by atoms with Crippen LogP contribution in [0.25, 0.3) is 11.1 Å². The predicted molar refractivity (Wildman–Crippen MR) is 76.3 cm³/mol. The average molecular weight is 272 g/mol. The van der Waals surface area contributed by atoms with Gasteiger partial charge < -0.3 is 14.9 Å². The van der Waals surface area contributed by atoms with Gasteiger partial charge >= 0.3 is 5.97 Å². The predicted octanol–water partition coefficient (Wildman–Crippen LogP) is 3.54. The molecule has 0 aromatic heterocycles. The lowest BCUT2D eigenvalue weighted by Crippen LogP contribution is -2.06. The van der Waals surface area contributed by atoms with Gasteiger partial charge in [0, 0.05) is 11.1 Å². The largest absolute Gasteiger partial charge is 0.507 e. The Morgan fingerprint density at radius 1 is 1.10 bits per heavy atom. The molecular formula is C16H16O4. The highest BCUT2D eigenvalue weighted by molar-refractivity contribution is 5.90. The minimum Gasteiger partial charge on any atom is -0.507 e. The molecule has 0 fully saturated rings. The molecule has 0 radical (unpaired) electrons. The van der Waals surface area contributed by atoms with Crippen LogP contribution in [0.2, 0.25) is 0 Å². The SMILES string of the molecule is CC(C)Oc1ccccc1-c1ccc(C(=O)O)cc1O. The number of ether oxygens (including phenoxy) is 1. The molecule has 104 valence electrons. The standard InChI is InChI=1S/C16H16O4/c1-10(2)20-15-6-4-3-5-13(15)12-8-7-11(16(18)19)9-14(12)17/h3-10,17H,1-2H3,(H,18,19). The third-order valence-electron chi connectivity index (χ3n) is 2.78. The molecule has 2 N–H and O–H groups in total. The zero-order chi connectivity index (χ0) is 14.7. The highest BCUT2D eigenvalue weighted by Gasteiger charge is 2.13. The number of phenols is 1. The molecule has 0 spiro atoms. The maximum atomic E-state index is 10.9. The van der Waals surface area contributed by atoms with Crippen LogP contribution in [0.4, 0.5) is 0 Å². The van der Waals surface area contributed by atoms with Gasteiger partial charge in [0.25, 0.3) is 0 Å². The van der Waals surface area contributed by atoms with Crippen LogP contribution in [0.15, 0.2) is 42.5 Å². The fourth-order valence-electron chi connectivity index (χ4n) is 1.94. The third-order valence-corrected chi connectivity index (χ3v) is 2.78. The summed E-state index contributed by atoms with van der Waals surface area (Å²) >= 11 is 0. The van der Waals surface area contributed by atoms with E-state index in [-0.39, 0.29) is 17.4 Å². The number of carbonyl (C=O) groups is 1. The number of aromatic hydroxyl groups is 1. The number of benzene rings is 2. The van der Waals surface area contributed by atoms with Gasteiger partial charge in [0.05, 0.1) is 11.7 Å². The maximum Gasteiger partial charge on any atom is 0.335 e. The summed E-state index contributed by atoms with van der Waals surface area (Å²) in [4.78, 5) is 10.9. The quantitative estimate of drug-likeness (QED) is 0.893. The minimum absolute atomic E-state index is 0.0107. The average Bonchev–Trinajstić information content (AvgIpc) is 2.39. The first-order chi connectivity index (χ1) is 9.49. The number of carboxylic acids is 1. The molecule has 0 saturated carbocycles. The van der Waals surface area contributed by atoms with Gasteiger partial charge in [-0.15, -0.1) is 0 Å². The van der Waals surface area contributed by atoms with Crippen LogP contribution >= 0.6 is 0 Å². The summed E-state index contributed by atoms with van der Waals surface area (Å²) in [5.41, 5.74) is 1.33. The van der Waals surface area contributed by atoms with Gasteiger partial charge in [-0.2, -0.15) is 0 Å². The zero-order valence-corrected chi connectivity index (χ0v) is 11.3. The van der Waals surface area contributed by atoms with Crippen LogP contribution in [0.1, 0.15) is 24.2 Å². The molecule has 0 aliphatic carbocycles. The Bertz CT molecular complexity index is 632. The Kier molecular flexibility index (Phi) is 3.94. The Morgan fingerprint density at radius 2 is 1.80 bits per heavy atom. The first-order valence-electron chi connectivity index (χ1n) is 6.31. The van der Waals surface area contributed by atoms with Crippen molar-refractivity contribution >= 4 is 5.97 Å². The molecule has 2 aromatic rings. The molecule has 0 saturated heterocycles. The molecule has 0 aliphatic rings. The summed E-state index contributed by atoms with van der Waals surface area (Å²) in [7, 11) is 0. The molecule has 4 heteroatoms. The van der Waals surface area contributed by atoms with E-state index in [1.165, 1.54) is 12.1 Å². The van der Waals surface area contributed by atoms with Crippen molar-refractivity contribution in [3.63, 3.8) is 0 Å². The molecular weight excluding hydrogens is 256 g/mol. The summed E-state index contributed by atoms with van der Waals surface area (Å²) < 4.78 is 5.70. The van der Waals surface area contributed by atoms with Crippen molar-refractivity contribution < 1.29 is 19.7 Å². The topological polar surface area (TPSA) is 66.8 Å². The molecule has 2 rings (SSSR count). The van der Waals surface area contributed by atoms with Crippen molar-refractivity contribution in [1.82, 2.24) is 0 Å². The van der Waals surface area contributed by atoms with Crippen LogP contribution in [0.3, 0.4) is 0 Å². The Morgan fingerprint density at radius 3 is 2.40 bits per heavy atom. The summed E-state index contributed by atoms with van der Waals surface area (Å²) in [5.74, 6) is -0.496. The number of carboxylic acid groups (broad SMARTS) is 1. The van der Waals surface area contributed by atoms with Gasteiger partial charge in [-0.05, 0) is 38.1 Å². The van der Waals surface area contributed by atoms with Crippen LogP contribution in [0.5, 0.6) is 11.5 Å². The van der Waals surface area contributed by atoms with Gasteiger partial charge in [0.1, 0.15) is 11.5 Å². The molecule has 20 heavy (non-hydrogen) atoms. The van der Waals surface area contributed by atoms with Gasteiger partial charge in [-0.25, -0.2) is 4.79 Å². The van der Waals surface area contributed by atoms with E-state index < -0.39 is 5.97 Å². The number of aromatic carboxylic acids is 1. The van der Waals surface area contributed by atoms with E-state index in [9.17, 15) is 9.90 Å². The summed E-state index contributed by atoms with van der Waals surface area (Å²) in [6.07, 6.45) is 0.0107. The summed E-state index contributed by atoms with van der Waals surface area (Å²) in [5, 5.41) is 18.9. The molecule has 4 nitrogen and oxygen atoms in total. The van der Waals surface area contributed by atoms with Crippen LogP contribution in [-0.4, -0.2) is 22.3 Å². The van der Waals surface area contributed by atoms with Crippen LogP contribution in [0, 0.1) is 0 Å². The van der Waals surface area contributed by atoms with Crippen LogP contribution < -0.4 is 4.74 Å². The van der Waals surface area contributed by atoms with E-state index in [0.717, 1.165) is 5.56 Å². The van der Waals surface area contributed by atoms with Crippen molar-refractivity contribution in [3.05, 3.63) is 48.0 Å². The Hall–Kier alpha value is -2.49. The van der Waals surface area contributed by atoms with Crippen molar-refractivity contribution in [2.24, 2.45) is 0 Å². The second-order valence-corrected chi connectivity index (χ2v) is 4.70. The molecule has 0 atom stereocenters. The normalized spacial score (nSPS) is 10.6. The lowest BCUT2D eigenvalue weighted by Gasteiger charge is -2.15. The first-order valence-corrected chi connectivity index (χ1v) is 6.31. The number of phenolic OH excluding ortho intramolecular Hbond substituents is 1. The first kappa shape index (κ1) is 13.9. The fraction of sp³-hybridized carbons (Fsp3) is 0.188. The number of rotatable bonds is 4. The molecule has 0 amide bonds. The highest BCUT2D eigenvalue weighted by Crippen LogP contribution is 2.36. The van der Waals surface area contributed by atoms with Gasteiger partial charge in [-0.3, -0.25) is 0 Å². The van der Waals surface area contributed by atoms with E-state index in [2.05, 4.69) is 0 Å². The van der Waals surface area contributed by atoms with E-state index >= 15 is 0 Å². The molecule has 2 aromatic carbocycles. The second kappa shape index (κ2) is 5.65. The monoisotopic (exact) mass is 272 g/mol. The lowest BCUT2D eigenvalue weighted by molar-refractivity contribution is 0.0696. The van der Waals surface area contributed by atoms with Crippen LogP contribution in [-0.2, 0) is 0 Å². The van der Waals surface area contributed by atoms with E-state index in [1.54, 1.807) is 6.07 Å². The zero-order valence-electron chi connectivity index (χ0n) is 11.3. The number of hydrogen-bond donors (Lipinski definition) is 2. The fourth-order valence-corrected chi connectivity index (χ4v) is 1.94. The summed E-state index contributed by atoms with van der Waals surface area (Å²) in [6.45, 7) is 3.84. The summed E-state index contributed by atoms with van der Waals surface area (Å²) in [6, 6.07) is 11.6. The minimum atomic E-state index is -1.07. The van der Waals surface area contributed by atoms with Gasteiger partial charge in [0.2, 0.25) is 0 Å². The lowest BCUT2D eigenvalue weighted by atomic mass is 10.0. The van der Waals surface area contributed by atoms with Gasteiger partial charge in [0.15, 0.2) is 0 Å². The highest BCUT2D eigenvalue weighted by atomic mass is 16.5. The van der Waals surface area contributed by atoms with E-state index in [0.29, 0.717) is 11.3 Å². The molecule has 0 heterocycles. The van der Waals surface area contributed by atoms with Crippen molar-refractivity contribution in [1.29, 1.82) is 0 Å². The number of hydrogen-bond acceptors (Lipinski definition) is 3. The molecule has 0 aliphatic heterocycles. The second-order valence-electron chi connectivity index (χ2n) is 4.70. The van der Waals surface area contributed by atoms with Crippen molar-refractivity contribution in [3.8, 4) is 22.6 Å². The molecule has 0 bridgehead atoms. The van der Waals surface area contributed by atoms with Crippen molar-refractivity contribution in [2.75, 3.05) is 0 Å². The van der Waals surface area contributed by atoms with Gasteiger partial charge in [-0.1, -0.05) is 18.2 Å². The smallest absolute Gasteiger partial charge is 0.335 e. The maximum absolute atomic E-state index is 10.9. The van der Waals surface area contributed by atoms with E-state index in [1.807, 2.05) is 38.1 Å². The third kappa shape index (κ3) is 2.91. The van der Waals surface area contributed by atoms with E-state index in [4.69, 9.17) is 9.84 Å². The number of para-hydroxylation sites is 1. The van der Waals surface area contributed by atoms with Crippen molar-refractivity contribution in [2.45, 2.75) is 20.0 Å². The molecule has 0 unspecified atom stereocenters. The Labute approximate surface area is 117 Å². The Balaban J connectivity index is 2.49.